The van der Waals surface area contributed by atoms with Crippen molar-refractivity contribution in [2.24, 2.45) is 0 Å². The summed E-state index contributed by atoms with van der Waals surface area (Å²) in [6.07, 6.45) is 0. The molecule has 3 rings (SSSR count). The Morgan fingerprint density at radius 3 is 2.48 bits per heavy atom. The van der Waals surface area contributed by atoms with Crippen molar-refractivity contribution < 1.29 is 22.4 Å². The van der Waals surface area contributed by atoms with E-state index in [1.165, 1.54) is 29.6 Å². The molecule has 8 nitrogen and oxygen atoms in total. The maximum atomic E-state index is 13.3. The molecule has 9 heteroatoms. The molecule has 1 aromatic heterocycles. The summed E-state index contributed by atoms with van der Waals surface area (Å²) in [7, 11) is -2.64. The van der Waals surface area contributed by atoms with Crippen LogP contribution in [0, 0.1) is 0 Å². The normalized spacial score (nSPS) is 12.0. The predicted molar refractivity (Wildman–Crippen MR) is 107 cm³/mol. The van der Waals surface area contributed by atoms with E-state index in [2.05, 4.69) is 4.74 Å². The van der Waals surface area contributed by atoms with Crippen molar-refractivity contribution in [2.45, 2.75) is 37.9 Å². The van der Waals surface area contributed by atoms with Crippen LogP contribution in [0.15, 0.2) is 62.6 Å². The summed E-state index contributed by atoms with van der Waals surface area (Å²) in [6.45, 7) is 3.49. The summed E-state index contributed by atoms with van der Waals surface area (Å²) in [5.74, 6) is -1.37. The molecule has 2 aromatic carbocycles. The molecule has 29 heavy (non-hydrogen) atoms. The number of carbonyl (C=O) groups is 1. The third-order valence-corrected chi connectivity index (χ3v) is 6.54. The lowest BCUT2D eigenvalue weighted by molar-refractivity contribution is -0.141. The van der Waals surface area contributed by atoms with E-state index in [9.17, 15) is 18.0 Å². The number of carbonyl (C=O) groups excluding carboxylic acids is 1. The second kappa shape index (κ2) is 8.22. The average molecular weight is 418 g/mol. The van der Waals surface area contributed by atoms with Crippen molar-refractivity contribution in [3.05, 3.63) is 64.6 Å². The fraction of sp³-hybridized carbons (Fsp3) is 0.300. The number of nitrogens with zero attached hydrogens (tertiary/aromatic N) is 2. The van der Waals surface area contributed by atoms with E-state index in [0.717, 1.165) is 10.1 Å². The van der Waals surface area contributed by atoms with Gasteiger partial charge in [0.25, 0.3) is 0 Å². The Bertz CT molecular complexity index is 1180. The highest BCUT2D eigenvalue weighted by molar-refractivity contribution is 7.89. The van der Waals surface area contributed by atoms with Gasteiger partial charge >= 0.3 is 11.7 Å². The first kappa shape index (κ1) is 20.8. The molecule has 0 N–H and O–H groups in total. The SMILES string of the molecule is COC(=O)Cn1c(=O)oc2cc(S(=O)(=O)N(Cc3ccccc3)C(C)C)ccc21. The number of hydrogen-bond donors (Lipinski definition) is 0. The second-order valence-corrected chi connectivity index (χ2v) is 8.68. The summed E-state index contributed by atoms with van der Waals surface area (Å²) in [6, 6.07) is 13.2. The number of hydrogen-bond acceptors (Lipinski definition) is 6. The minimum absolute atomic E-state index is 0.00796. The first-order chi connectivity index (χ1) is 13.7. The molecule has 0 radical (unpaired) electrons. The van der Waals surface area contributed by atoms with Crippen molar-refractivity contribution in [2.75, 3.05) is 7.11 Å². The lowest BCUT2D eigenvalue weighted by Crippen LogP contribution is -2.36. The van der Waals surface area contributed by atoms with E-state index in [1.54, 1.807) is 13.8 Å². The molecule has 0 aliphatic heterocycles. The Morgan fingerprint density at radius 2 is 1.86 bits per heavy atom. The van der Waals surface area contributed by atoms with Crippen molar-refractivity contribution in [3.63, 3.8) is 0 Å². The Kier molecular flexibility index (Phi) is 5.90. The third kappa shape index (κ3) is 4.25. The Labute approximate surface area is 168 Å². The standard InChI is InChI=1S/C20H22N2O6S/c1-14(2)22(12-15-7-5-4-6-8-15)29(25,26)16-9-10-17-18(11-16)28-20(24)21(17)13-19(23)27-3/h4-11,14H,12-13H2,1-3H3. The maximum absolute atomic E-state index is 13.3. The van der Waals surface area contributed by atoms with Crippen molar-refractivity contribution >= 4 is 27.1 Å². The quantitative estimate of drug-likeness (QED) is 0.546. The van der Waals surface area contributed by atoms with Gasteiger partial charge in [-0.25, -0.2) is 13.2 Å². The lowest BCUT2D eigenvalue weighted by Gasteiger charge is -2.26. The van der Waals surface area contributed by atoms with Gasteiger partial charge < -0.3 is 9.15 Å². The van der Waals surface area contributed by atoms with Gasteiger partial charge in [0.2, 0.25) is 10.0 Å². The van der Waals surface area contributed by atoms with Crippen LogP contribution in [0.5, 0.6) is 0 Å². The van der Waals surface area contributed by atoms with Gasteiger partial charge in [-0.15, -0.1) is 0 Å². The van der Waals surface area contributed by atoms with Crippen LogP contribution < -0.4 is 5.76 Å². The molecular formula is C20H22N2O6S. The molecule has 0 saturated heterocycles. The van der Waals surface area contributed by atoms with Gasteiger partial charge in [-0.1, -0.05) is 30.3 Å². The summed E-state index contributed by atoms with van der Waals surface area (Å²) < 4.78 is 38.7. The van der Waals surface area contributed by atoms with Gasteiger partial charge in [0, 0.05) is 18.7 Å². The van der Waals surface area contributed by atoms with Crippen LogP contribution in [0.3, 0.4) is 0 Å². The van der Waals surface area contributed by atoms with E-state index < -0.39 is 21.7 Å². The lowest BCUT2D eigenvalue weighted by atomic mass is 10.2. The van der Waals surface area contributed by atoms with E-state index in [0.29, 0.717) is 5.52 Å². The Morgan fingerprint density at radius 1 is 1.17 bits per heavy atom. The number of methoxy groups -OCH3 is 1. The van der Waals surface area contributed by atoms with Gasteiger partial charge in [0.05, 0.1) is 17.5 Å². The Balaban J connectivity index is 2.01. The molecule has 0 bridgehead atoms. The fourth-order valence-electron chi connectivity index (χ4n) is 2.99. The molecule has 3 aromatic rings. The first-order valence-corrected chi connectivity index (χ1v) is 10.4. The number of benzene rings is 2. The zero-order valence-corrected chi connectivity index (χ0v) is 17.2. The molecule has 0 amide bonds. The molecule has 0 atom stereocenters. The molecule has 0 spiro atoms. The number of oxazole rings is 1. The van der Waals surface area contributed by atoms with Crippen LogP contribution in [0.1, 0.15) is 19.4 Å². The fourth-order valence-corrected chi connectivity index (χ4v) is 4.64. The van der Waals surface area contributed by atoms with Crippen molar-refractivity contribution in [1.82, 2.24) is 8.87 Å². The van der Waals surface area contributed by atoms with Crippen LogP contribution in [0.2, 0.25) is 0 Å². The van der Waals surface area contributed by atoms with Crippen molar-refractivity contribution in [3.8, 4) is 0 Å². The zero-order chi connectivity index (χ0) is 21.2. The van der Waals surface area contributed by atoms with E-state index in [-0.39, 0.29) is 29.6 Å². The van der Waals surface area contributed by atoms with E-state index >= 15 is 0 Å². The van der Waals surface area contributed by atoms with E-state index in [1.807, 2.05) is 30.3 Å². The largest absolute Gasteiger partial charge is 0.468 e. The van der Waals surface area contributed by atoms with E-state index in [4.69, 9.17) is 4.42 Å². The zero-order valence-electron chi connectivity index (χ0n) is 16.4. The maximum Gasteiger partial charge on any atom is 0.420 e. The Hall–Kier alpha value is -2.91. The molecule has 1 heterocycles. The first-order valence-electron chi connectivity index (χ1n) is 9.00. The molecule has 0 fully saturated rings. The molecule has 154 valence electrons. The van der Waals surface area contributed by atoms with Gasteiger partial charge in [-0.3, -0.25) is 9.36 Å². The molecule has 0 aliphatic carbocycles. The van der Waals surface area contributed by atoms with Crippen LogP contribution in [-0.2, 0) is 32.6 Å². The number of esters is 1. The van der Waals surface area contributed by atoms with Gasteiger partial charge in [-0.2, -0.15) is 4.31 Å². The van der Waals surface area contributed by atoms with Gasteiger partial charge in [0.15, 0.2) is 5.58 Å². The van der Waals surface area contributed by atoms with Crippen LogP contribution in [-0.4, -0.2) is 36.4 Å². The van der Waals surface area contributed by atoms with Gasteiger partial charge in [0.1, 0.15) is 6.54 Å². The predicted octanol–water partition coefficient (Wildman–Crippen LogP) is 2.37. The molecule has 0 saturated carbocycles. The second-order valence-electron chi connectivity index (χ2n) is 6.79. The minimum Gasteiger partial charge on any atom is -0.468 e. The highest BCUT2D eigenvalue weighted by atomic mass is 32.2. The molecule has 0 aliphatic rings. The van der Waals surface area contributed by atoms with Gasteiger partial charge in [-0.05, 0) is 31.5 Å². The average Bonchev–Trinajstić information content (AvgIpc) is 3.00. The number of aromatic nitrogens is 1. The van der Waals surface area contributed by atoms with Crippen LogP contribution in [0.4, 0.5) is 0 Å². The number of sulfonamides is 1. The summed E-state index contributed by atoms with van der Waals surface area (Å²) in [4.78, 5) is 23.6. The summed E-state index contributed by atoms with van der Waals surface area (Å²) in [5.41, 5.74) is 1.27. The number of rotatable bonds is 7. The summed E-state index contributed by atoms with van der Waals surface area (Å²) >= 11 is 0. The summed E-state index contributed by atoms with van der Waals surface area (Å²) in [5, 5.41) is 0. The highest BCUT2D eigenvalue weighted by Crippen LogP contribution is 2.24. The number of ether oxygens (including phenoxy) is 1. The highest BCUT2D eigenvalue weighted by Gasteiger charge is 2.28. The monoisotopic (exact) mass is 418 g/mol. The molecular weight excluding hydrogens is 396 g/mol. The minimum atomic E-state index is -3.85. The topological polar surface area (TPSA) is 98.8 Å². The smallest absolute Gasteiger partial charge is 0.420 e. The molecule has 0 unspecified atom stereocenters. The van der Waals surface area contributed by atoms with Crippen LogP contribution >= 0.6 is 0 Å². The van der Waals surface area contributed by atoms with Crippen LogP contribution in [0.25, 0.3) is 11.1 Å². The van der Waals surface area contributed by atoms with Crippen molar-refractivity contribution in [1.29, 1.82) is 0 Å². The third-order valence-electron chi connectivity index (χ3n) is 4.52. The number of fused-ring (bicyclic) bond motifs is 1.